The number of carbonyl (C=O) groups is 2. The van der Waals surface area contributed by atoms with Gasteiger partial charge in [-0.05, 0) is 49.2 Å². The Bertz CT molecular complexity index is 1300. The van der Waals surface area contributed by atoms with E-state index < -0.39 is 40.2 Å². The highest BCUT2D eigenvalue weighted by molar-refractivity contribution is 7.92. The first-order valence-corrected chi connectivity index (χ1v) is 12.5. The summed E-state index contributed by atoms with van der Waals surface area (Å²) < 4.78 is 42.6. The normalized spacial score (nSPS) is 12.0. The molecule has 1 N–H and O–H groups in total. The average molecular weight is 498 g/mol. The van der Waals surface area contributed by atoms with Crippen LogP contribution in [0.1, 0.15) is 18.1 Å². The molecule has 3 aromatic carbocycles. The van der Waals surface area contributed by atoms with Gasteiger partial charge in [-0.25, -0.2) is 12.8 Å². The van der Waals surface area contributed by atoms with E-state index in [0.29, 0.717) is 0 Å². The highest BCUT2D eigenvalue weighted by Gasteiger charge is 2.33. The Kier molecular flexibility index (Phi) is 8.24. The summed E-state index contributed by atoms with van der Waals surface area (Å²) in [5, 5.41) is 2.53. The Hall–Kier alpha value is -3.72. The zero-order chi connectivity index (χ0) is 25.6. The van der Waals surface area contributed by atoms with Crippen LogP contribution in [0.2, 0.25) is 0 Å². The smallest absolute Gasteiger partial charge is 0.264 e. The molecule has 0 saturated carbocycles. The van der Waals surface area contributed by atoms with Gasteiger partial charge >= 0.3 is 0 Å². The van der Waals surface area contributed by atoms with Crippen LogP contribution < -0.4 is 9.62 Å². The molecule has 184 valence electrons. The number of carbonyl (C=O) groups excluding carboxylic acids is 2. The molecule has 0 bridgehead atoms. The van der Waals surface area contributed by atoms with E-state index in [-0.39, 0.29) is 17.1 Å². The molecular formula is C26H28FN3O4S. The summed E-state index contributed by atoms with van der Waals surface area (Å²) in [5.74, 6) is -1.84. The van der Waals surface area contributed by atoms with E-state index in [9.17, 15) is 22.4 Å². The number of rotatable bonds is 9. The number of aryl methyl sites for hydroxylation is 1. The van der Waals surface area contributed by atoms with Crippen molar-refractivity contribution in [2.24, 2.45) is 0 Å². The molecule has 2 amide bonds. The number of amides is 2. The van der Waals surface area contributed by atoms with Crippen LogP contribution in [0.5, 0.6) is 0 Å². The average Bonchev–Trinajstić information content (AvgIpc) is 2.86. The highest BCUT2D eigenvalue weighted by Crippen LogP contribution is 2.27. The molecule has 1 atom stereocenters. The minimum absolute atomic E-state index is 0.0800. The molecule has 0 aliphatic carbocycles. The van der Waals surface area contributed by atoms with E-state index in [1.54, 1.807) is 25.1 Å². The van der Waals surface area contributed by atoms with E-state index in [1.165, 1.54) is 42.3 Å². The Labute approximate surface area is 205 Å². The molecule has 0 unspecified atom stereocenters. The van der Waals surface area contributed by atoms with E-state index >= 15 is 0 Å². The van der Waals surface area contributed by atoms with Gasteiger partial charge in [-0.2, -0.15) is 0 Å². The first kappa shape index (κ1) is 25.9. The van der Waals surface area contributed by atoms with Crippen molar-refractivity contribution in [3.63, 3.8) is 0 Å². The molecule has 0 heterocycles. The van der Waals surface area contributed by atoms with Gasteiger partial charge in [-0.1, -0.05) is 54.6 Å². The van der Waals surface area contributed by atoms with Crippen molar-refractivity contribution in [1.82, 2.24) is 10.2 Å². The van der Waals surface area contributed by atoms with Crippen LogP contribution in [0, 0.1) is 12.7 Å². The fourth-order valence-corrected chi connectivity index (χ4v) is 5.09. The number of sulfonamides is 1. The number of nitrogens with zero attached hydrogens (tertiary/aromatic N) is 2. The van der Waals surface area contributed by atoms with Gasteiger partial charge in [0.15, 0.2) is 0 Å². The summed E-state index contributed by atoms with van der Waals surface area (Å²) in [4.78, 5) is 27.3. The first-order valence-electron chi connectivity index (χ1n) is 11.0. The fourth-order valence-electron chi connectivity index (χ4n) is 3.65. The largest absolute Gasteiger partial charge is 0.357 e. The minimum atomic E-state index is -4.29. The molecule has 0 spiro atoms. The third-order valence-corrected chi connectivity index (χ3v) is 7.52. The summed E-state index contributed by atoms with van der Waals surface area (Å²) in [6.07, 6.45) is 0. The molecule has 0 fully saturated rings. The van der Waals surface area contributed by atoms with Gasteiger partial charge in [-0.3, -0.25) is 13.9 Å². The summed E-state index contributed by atoms with van der Waals surface area (Å²) in [5.41, 5.74) is 1.46. The van der Waals surface area contributed by atoms with Crippen LogP contribution >= 0.6 is 0 Å². The summed E-state index contributed by atoms with van der Waals surface area (Å²) >= 11 is 0. The number of nitrogens with one attached hydrogen (secondary N) is 1. The standard InChI is InChI=1S/C26H28FN3O4S/c1-19-11-7-8-12-21(19)17-29(20(2)26(32)28-3)25(31)18-30(24-16-10-9-15-23(24)27)35(33,34)22-13-5-4-6-14-22/h4-16,20H,17-18H2,1-3H3,(H,28,32)/t20-/m1/s1. The van der Waals surface area contributed by atoms with Crippen molar-refractivity contribution < 1.29 is 22.4 Å². The third kappa shape index (κ3) is 5.86. The number of benzene rings is 3. The number of anilines is 1. The second kappa shape index (κ2) is 11.1. The van der Waals surface area contributed by atoms with E-state index in [0.717, 1.165) is 21.5 Å². The molecular weight excluding hydrogens is 469 g/mol. The molecule has 35 heavy (non-hydrogen) atoms. The minimum Gasteiger partial charge on any atom is -0.357 e. The number of likely N-dealkylation sites (N-methyl/N-ethyl adjacent to an activating group) is 1. The number of para-hydroxylation sites is 1. The van der Waals surface area contributed by atoms with Crippen LogP contribution in [0.4, 0.5) is 10.1 Å². The summed E-state index contributed by atoms with van der Waals surface area (Å²) in [6.45, 7) is 2.84. The zero-order valence-corrected chi connectivity index (χ0v) is 20.6. The van der Waals surface area contributed by atoms with Gasteiger partial charge in [0.2, 0.25) is 11.8 Å². The fraction of sp³-hybridized carbons (Fsp3) is 0.231. The summed E-state index contributed by atoms with van der Waals surface area (Å²) in [6, 6.07) is 19.4. The van der Waals surface area contributed by atoms with Gasteiger partial charge in [-0.15, -0.1) is 0 Å². The molecule has 3 rings (SSSR count). The number of hydrogen-bond donors (Lipinski definition) is 1. The molecule has 0 aliphatic heterocycles. The van der Waals surface area contributed by atoms with Crippen LogP contribution in [0.3, 0.4) is 0 Å². The molecule has 3 aromatic rings. The topological polar surface area (TPSA) is 86.8 Å². The monoisotopic (exact) mass is 497 g/mol. The maximum absolute atomic E-state index is 14.8. The van der Waals surface area contributed by atoms with Crippen molar-refractivity contribution in [3.8, 4) is 0 Å². The lowest BCUT2D eigenvalue weighted by Gasteiger charge is -2.32. The Morgan fingerprint density at radius 2 is 1.54 bits per heavy atom. The van der Waals surface area contributed by atoms with Crippen molar-refractivity contribution in [2.75, 3.05) is 17.9 Å². The Morgan fingerprint density at radius 1 is 0.943 bits per heavy atom. The molecule has 7 nitrogen and oxygen atoms in total. The predicted octanol–water partition coefficient (Wildman–Crippen LogP) is 3.49. The van der Waals surface area contributed by atoms with Gasteiger partial charge < -0.3 is 10.2 Å². The maximum atomic E-state index is 14.8. The van der Waals surface area contributed by atoms with Crippen molar-refractivity contribution in [3.05, 3.63) is 95.8 Å². The lowest BCUT2D eigenvalue weighted by molar-refractivity contribution is -0.139. The molecule has 0 aliphatic rings. The van der Waals surface area contributed by atoms with E-state index in [4.69, 9.17) is 0 Å². The predicted molar refractivity (Wildman–Crippen MR) is 133 cm³/mol. The molecule has 0 radical (unpaired) electrons. The van der Waals surface area contributed by atoms with Crippen molar-refractivity contribution >= 4 is 27.5 Å². The van der Waals surface area contributed by atoms with Crippen LogP contribution in [0.15, 0.2) is 83.8 Å². The maximum Gasteiger partial charge on any atom is 0.264 e. The number of halogens is 1. The van der Waals surface area contributed by atoms with Gasteiger partial charge in [0.1, 0.15) is 18.4 Å². The van der Waals surface area contributed by atoms with Crippen LogP contribution in [-0.4, -0.2) is 44.8 Å². The van der Waals surface area contributed by atoms with Crippen LogP contribution in [-0.2, 0) is 26.2 Å². The highest BCUT2D eigenvalue weighted by atomic mass is 32.2. The van der Waals surface area contributed by atoms with Crippen molar-refractivity contribution in [2.45, 2.75) is 31.3 Å². The first-order chi connectivity index (χ1) is 16.7. The lowest BCUT2D eigenvalue weighted by Crippen LogP contribution is -2.51. The van der Waals surface area contributed by atoms with Gasteiger partial charge in [0, 0.05) is 13.6 Å². The molecule has 0 saturated heterocycles. The molecule has 0 aromatic heterocycles. The van der Waals surface area contributed by atoms with Gasteiger partial charge in [0.05, 0.1) is 10.6 Å². The zero-order valence-electron chi connectivity index (χ0n) is 19.8. The Balaban J connectivity index is 2.05. The lowest BCUT2D eigenvalue weighted by atomic mass is 10.1. The quantitative estimate of drug-likeness (QED) is 0.490. The molecule has 9 heteroatoms. The van der Waals surface area contributed by atoms with E-state index in [2.05, 4.69) is 5.32 Å². The Morgan fingerprint density at radius 3 is 2.17 bits per heavy atom. The third-order valence-electron chi connectivity index (χ3n) is 5.75. The SMILES string of the molecule is CNC(=O)[C@@H](C)N(Cc1ccccc1C)C(=O)CN(c1ccccc1F)S(=O)(=O)c1ccccc1. The van der Waals surface area contributed by atoms with Crippen molar-refractivity contribution in [1.29, 1.82) is 0 Å². The van der Waals surface area contributed by atoms with Crippen LogP contribution in [0.25, 0.3) is 0 Å². The summed E-state index contributed by atoms with van der Waals surface area (Å²) in [7, 11) is -2.83. The van der Waals surface area contributed by atoms with Gasteiger partial charge in [0.25, 0.3) is 10.0 Å². The number of hydrogen-bond acceptors (Lipinski definition) is 4. The second-order valence-electron chi connectivity index (χ2n) is 8.01. The van der Waals surface area contributed by atoms with E-state index in [1.807, 2.05) is 31.2 Å². The second-order valence-corrected chi connectivity index (χ2v) is 9.88.